The molecular weight excluding hydrogens is 450 g/mol. The van der Waals surface area contributed by atoms with Crippen LogP contribution in [0.5, 0.6) is 0 Å². The number of carbonyl (C=O) groups is 1. The quantitative estimate of drug-likeness (QED) is 0.593. The second-order valence-corrected chi connectivity index (χ2v) is 7.39. The minimum Gasteiger partial charge on any atom is -0.352 e. The number of urea groups is 1. The molecule has 1 aromatic heterocycles. The summed E-state index contributed by atoms with van der Waals surface area (Å²) in [5.74, 6) is -0.227. The van der Waals surface area contributed by atoms with Crippen LogP contribution in [0.3, 0.4) is 0 Å². The van der Waals surface area contributed by atoms with Gasteiger partial charge in [0.15, 0.2) is 0 Å². The number of rotatable bonds is 2. The van der Waals surface area contributed by atoms with E-state index in [9.17, 15) is 31.1 Å². The van der Waals surface area contributed by atoms with Crippen molar-refractivity contribution in [1.29, 1.82) is 0 Å². The fourth-order valence-corrected chi connectivity index (χ4v) is 3.56. The topological polar surface area (TPSA) is 48.5 Å². The van der Waals surface area contributed by atoms with Gasteiger partial charge in [-0.05, 0) is 37.3 Å². The van der Waals surface area contributed by atoms with Crippen LogP contribution in [-0.2, 0) is 12.4 Å². The summed E-state index contributed by atoms with van der Waals surface area (Å²) >= 11 is 5.57. The molecule has 1 N–H and O–H groups in total. The highest BCUT2D eigenvalue weighted by Gasteiger charge is 2.38. The van der Waals surface area contributed by atoms with E-state index in [1.165, 1.54) is 28.1 Å². The molecule has 0 saturated carbocycles. The zero-order valence-corrected chi connectivity index (χ0v) is 16.8. The largest absolute Gasteiger partial charge is 0.419 e. The van der Waals surface area contributed by atoms with Crippen LogP contribution in [-0.4, -0.2) is 41.6 Å². The van der Waals surface area contributed by atoms with Gasteiger partial charge < -0.3 is 15.1 Å². The van der Waals surface area contributed by atoms with E-state index in [1.807, 2.05) is 0 Å². The molecule has 2 heterocycles. The van der Waals surface area contributed by atoms with Crippen molar-refractivity contribution in [1.82, 2.24) is 9.88 Å². The molecule has 0 spiro atoms. The van der Waals surface area contributed by atoms with Crippen molar-refractivity contribution >= 4 is 29.1 Å². The Bertz CT molecular complexity index is 965. The monoisotopic (exact) mass is 466 g/mol. The number of hydrogen-bond donors (Lipinski definition) is 1. The molecule has 2 aromatic rings. The zero-order chi connectivity index (χ0) is 23.0. The van der Waals surface area contributed by atoms with Crippen LogP contribution in [0.2, 0.25) is 5.02 Å². The van der Waals surface area contributed by atoms with Gasteiger partial charge in [-0.2, -0.15) is 26.3 Å². The van der Waals surface area contributed by atoms with Crippen molar-refractivity contribution in [3.8, 4) is 0 Å². The smallest absolute Gasteiger partial charge is 0.352 e. The summed E-state index contributed by atoms with van der Waals surface area (Å²) in [4.78, 5) is 19.2. The summed E-state index contributed by atoms with van der Waals surface area (Å²) in [5.41, 5.74) is -2.05. The van der Waals surface area contributed by atoms with Gasteiger partial charge in [0.25, 0.3) is 0 Å². The highest BCUT2D eigenvalue weighted by molar-refractivity contribution is 6.31. The normalized spacial score (nSPS) is 17.6. The Morgan fingerprint density at radius 1 is 1.10 bits per heavy atom. The van der Waals surface area contributed by atoms with Crippen molar-refractivity contribution in [2.75, 3.05) is 29.9 Å². The molecular formula is C19H17ClF6N4O. The fraction of sp³-hybridized carbons (Fsp3) is 0.368. The third-order valence-electron chi connectivity index (χ3n) is 4.80. The maximum absolute atomic E-state index is 13.3. The lowest BCUT2D eigenvalue weighted by molar-refractivity contribution is -0.138. The lowest BCUT2D eigenvalue weighted by Crippen LogP contribution is -2.55. The first kappa shape index (κ1) is 23.0. The van der Waals surface area contributed by atoms with E-state index < -0.39 is 40.6 Å². The summed E-state index contributed by atoms with van der Waals surface area (Å²) in [7, 11) is 0. The minimum atomic E-state index is -4.68. The number of carbonyl (C=O) groups excluding carboxylic acids is 1. The van der Waals surface area contributed by atoms with Crippen molar-refractivity contribution in [2.45, 2.75) is 25.3 Å². The number of halogens is 7. The lowest BCUT2D eigenvalue weighted by atomic mass is 10.1. The number of piperazine rings is 1. The average molecular weight is 467 g/mol. The number of amides is 2. The molecule has 5 nitrogen and oxygen atoms in total. The van der Waals surface area contributed by atoms with Gasteiger partial charge in [-0.25, -0.2) is 9.78 Å². The number of nitrogens with zero attached hydrogens (tertiary/aromatic N) is 3. The van der Waals surface area contributed by atoms with Gasteiger partial charge in [-0.15, -0.1) is 0 Å². The molecule has 0 aliphatic carbocycles. The summed E-state index contributed by atoms with van der Waals surface area (Å²) in [6, 6.07) is 3.93. The standard InChI is InChI=1S/C19H17ClF6N4O/c1-11-10-29(16-13(18(21,22)23)3-2-6-27-16)7-8-30(11)17(31)28-12-4-5-15(20)14(9-12)19(24,25)26/h2-6,9,11H,7-8,10H2,1H3,(H,28,31). The lowest BCUT2D eigenvalue weighted by Gasteiger charge is -2.40. The van der Waals surface area contributed by atoms with Crippen LogP contribution < -0.4 is 10.2 Å². The molecule has 3 rings (SSSR count). The van der Waals surface area contributed by atoms with Crippen LogP contribution in [0, 0.1) is 0 Å². The summed E-state index contributed by atoms with van der Waals surface area (Å²) in [6.07, 6.45) is -8.01. The van der Waals surface area contributed by atoms with E-state index in [0.717, 1.165) is 18.2 Å². The first-order chi connectivity index (χ1) is 14.4. The second kappa shape index (κ2) is 8.45. The molecule has 168 valence electrons. The maximum atomic E-state index is 13.3. The van der Waals surface area contributed by atoms with Crippen molar-refractivity contribution < 1.29 is 31.1 Å². The summed E-state index contributed by atoms with van der Waals surface area (Å²) in [5, 5.41) is 1.89. The van der Waals surface area contributed by atoms with E-state index in [1.54, 1.807) is 6.92 Å². The Labute approximate surface area is 178 Å². The molecule has 1 atom stereocenters. The number of pyridine rings is 1. The molecule has 1 saturated heterocycles. The Kier molecular flexibility index (Phi) is 6.26. The third kappa shape index (κ3) is 5.15. The van der Waals surface area contributed by atoms with Gasteiger partial charge >= 0.3 is 18.4 Å². The molecule has 31 heavy (non-hydrogen) atoms. The zero-order valence-electron chi connectivity index (χ0n) is 16.1. The first-order valence-electron chi connectivity index (χ1n) is 9.09. The third-order valence-corrected chi connectivity index (χ3v) is 5.13. The van der Waals surface area contributed by atoms with E-state index in [2.05, 4.69) is 10.3 Å². The number of alkyl halides is 6. The van der Waals surface area contributed by atoms with E-state index in [0.29, 0.717) is 0 Å². The summed E-state index contributed by atoms with van der Waals surface area (Å²) in [6.45, 7) is 1.83. The average Bonchev–Trinajstić information content (AvgIpc) is 2.67. The highest BCUT2D eigenvalue weighted by atomic mass is 35.5. The van der Waals surface area contributed by atoms with Gasteiger partial charge in [0.2, 0.25) is 0 Å². The van der Waals surface area contributed by atoms with E-state index in [4.69, 9.17) is 11.6 Å². The number of hydrogen-bond acceptors (Lipinski definition) is 3. The highest BCUT2D eigenvalue weighted by Crippen LogP contribution is 2.37. The molecule has 0 bridgehead atoms. The van der Waals surface area contributed by atoms with Crippen molar-refractivity contribution in [2.24, 2.45) is 0 Å². The molecule has 0 radical (unpaired) electrons. The first-order valence-corrected chi connectivity index (χ1v) is 9.47. The van der Waals surface area contributed by atoms with Crippen LogP contribution in [0.1, 0.15) is 18.1 Å². The Balaban J connectivity index is 1.72. The Hall–Kier alpha value is -2.69. The number of nitrogens with one attached hydrogen (secondary N) is 1. The minimum absolute atomic E-state index is 0.0561. The molecule has 1 aliphatic rings. The predicted molar refractivity (Wildman–Crippen MR) is 103 cm³/mol. The van der Waals surface area contributed by atoms with Crippen LogP contribution >= 0.6 is 11.6 Å². The maximum Gasteiger partial charge on any atom is 0.419 e. The Morgan fingerprint density at radius 2 is 1.77 bits per heavy atom. The van der Waals surface area contributed by atoms with Gasteiger partial charge in [-0.3, -0.25) is 0 Å². The number of aromatic nitrogens is 1. The van der Waals surface area contributed by atoms with Gasteiger partial charge in [-0.1, -0.05) is 11.6 Å². The van der Waals surface area contributed by atoms with Crippen molar-refractivity contribution in [3.63, 3.8) is 0 Å². The molecule has 1 aromatic carbocycles. The molecule has 2 amide bonds. The SMILES string of the molecule is CC1CN(c2ncccc2C(F)(F)F)CCN1C(=O)Nc1ccc(Cl)c(C(F)(F)F)c1. The van der Waals surface area contributed by atoms with Crippen LogP contribution in [0.15, 0.2) is 36.5 Å². The fourth-order valence-electron chi connectivity index (χ4n) is 3.34. The number of anilines is 2. The van der Waals surface area contributed by atoms with Crippen LogP contribution in [0.25, 0.3) is 0 Å². The van der Waals surface area contributed by atoms with Crippen molar-refractivity contribution in [3.05, 3.63) is 52.7 Å². The van der Waals surface area contributed by atoms with Gasteiger partial charge in [0.05, 0.1) is 16.1 Å². The molecule has 1 fully saturated rings. The van der Waals surface area contributed by atoms with Gasteiger partial charge in [0, 0.05) is 37.6 Å². The number of benzene rings is 1. The molecule has 1 unspecified atom stereocenters. The van der Waals surface area contributed by atoms with E-state index in [-0.39, 0.29) is 31.1 Å². The molecule has 12 heteroatoms. The van der Waals surface area contributed by atoms with Gasteiger partial charge in [0.1, 0.15) is 5.82 Å². The summed E-state index contributed by atoms with van der Waals surface area (Å²) < 4.78 is 78.8. The predicted octanol–water partition coefficient (Wildman–Crippen LogP) is 5.52. The second-order valence-electron chi connectivity index (χ2n) is 6.98. The Morgan fingerprint density at radius 3 is 2.39 bits per heavy atom. The van der Waals surface area contributed by atoms with E-state index >= 15 is 0 Å². The molecule has 1 aliphatic heterocycles. The van der Waals surface area contributed by atoms with Crippen LogP contribution in [0.4, 0.5) is 42.6 Å².